The summed E-state index contributed by atoms with van der Waals surface area (Å²) >= 11 is 0. The van der Waals surface area contributed by atoms with Crippen LogP contribution < -0.4 is 5.32 Å². The zero-order valence-electron chi connectivity index (χ0n) is 14.2. The van der Waals surface area contributed by atoms with Crippen molar-refractivity contribution in [3.05, 3.63) is 24.2 Å². The Morgan fingerprint density at radius 3 is 2.91 bits per heavy atom. The van der Waals surface area contributed by atoms with Crippen molar-refractivity contribution in [1.82, 2.24) is 10.2 Å². The van der Waals surface area contributed by atoms with Crippen molar-refractivity contribution in [2.45, 2.75) is 51.8 Å². The normalized spacial score (nSPS) is 21.3. The molecule has 1 aromatic heterocycles. The maximum Gasteiger partial charge on any atom is 0.318 e. The fourth-order valence-corrected chi connectivity index (χ4v) is 3.03. The number of nitrogens with zero attached hydrogens (tertiary/aromatic N) is 1. The Morgan fingerprint density at radius 1 is 1.48 bits per heavy atom. The number of aliphatic hydroxyl groups is 1. The lowest BCUT2D eigenvalue weighted by molar-refractivity contribution is -0.0101. The van der Waals surface area contributed by atoms with Crippen LogP contribution >= 0.6 is 0 Å². The van der Waals surface area contributed by atoms with E-state index < -0.39 is 6.10 Å². The molecule has 2 amide bonds. The van der Waals surface area contributed by atoms with Gasteiger partial charge in [0.2, 0.25) is 0 Å². The summed E-state index contributed by atoms with van der Waals surface area (Å²) in [5, 5.41) is 13.3. The van der Waals surface area contributed by atoms with E-state index in [-0.39, 0.29) is 18.1 Å². The van der Waals surface area contributed by atoms with E-state index in [9.17, 15) is 9.90 Å². The number of rotatable bonds is 6. The summed E-state index contributed by atoms with van der Waals surface area (Å²) in [5.41, 5.74) is 0. The highest BCUT2D eigenvalue weighted by molar-refractivity contribution is 5.75. The number of aliphatic hydroxyl groups excluding tert-OH is 1. The summed E-state index contributed by atoms with van der Waals surface area (Å²) < 4.78 is 10.7. The Kier molecular flexibility index (Phi) is 6.47. The van der Waals surface area contributed by atoms with Gasteiger partial charge in [-0.2, -0.15) is 0 Å². The van der Waals surface area contributed by atoms with Crippen LogP contribution in [0.5, 0.6) is 0 Å². The average Bonchev–Trinajstić information content (AvgIpc) is 3.01. The summed E-state index contributed by atoms with van der Waals surface area (Å²) in [6.07, 6.45) is 2.14. The van der Waals surface area contributed by atoms with E-state index in [1.807, 2.05) is 6.92 Å². The van der Waals surface area contributed by atoms with Gasteiger partial charge in [0.15, 0.2) is 0 Å². The van der Waals surface area contributed by atoms with Crippen LogP contribution in [0, 0.1) is 5.92 Å². The Bertz CT molecular complexity index is 475. The molecular weight excluding hydrogens is 296 g/mol. The molecule has 130 valence electrons. The molecule has 2 rings (SSSR count). The molecule has 0 spiro atoms. The van der Waals surface area contributed by atoms with E-state index >= 15 is 0 Å². The van der Waals surface area contributed by atoms with Gasteiger partial charge in [0.05, 0.1) is 25.5 Å². The molecule has 0 aromatic carbocycles. The van der Waals surface area contributed by atoms with E-state index in [0.717, 1.165) is 6.42 Å². The van der Waals surface area contributed by atoms with Crippen LogP contribution in [0.3, 0.4) is 0 Å². The van der Waals surface area contributed by atoms with E-state index in [0.29, 0.717) is 37.9 Å². The van der Waals surface area contributed by atoms with Gasteiger partial charge < -0.3 is 24.5 Å². The summed E-state index contributed by atoms with van der Waals surface area (Å²) in [6, 6.07) is 3.37. The van der Waals surface area contributed by atoms with Gasteiger partial charge in [0.1, 0.15) is 11.9 Å². The van der Waals surface area contributed by atoms with Crippen molar-refractivity contribution in [2.75, 3.05) is 19.8 Å². The molecular formula is C17H28N2O4. The van der Waals surface area contributed by atoms with Crippen molar-refractivity contribution in [1.29, 1.82) is 0 Å². The maximum absolute atomic E-state index is 12.5. The smallest absolute Gasteiger partial charge is 0.318 e. The van der Waals surface area contributed by atoms with Crippen LogP contribution in [0.4, 0.5) is 4.79 Å². The molecule has 0 unspecified atom stereocenters. The van der Waals surface area contributed by atoms with E-state index in [1.54, 1.807) is 17.0 Å². The van der Waals surface area contributed by atoms with Gasteiger partial charge in [0, 0.05) is 19.0 Å². The van der Waals surface area contributed by atoms with Crippen LogP contribution in [0.25, 0.3) is 0 Å². The maximum atomic E-state index is 12.5. The third-order valence-electron chi connectivity index (χ3n) is 4.05. The summed E-state index contributed by atoms with van der Waals surface area (Å²) in [6.45, 7) is 7.80. The first-order valence-corrected chi connectivity index (χ1v) is 8.33. The van der Waals surface area contributed by atoms with E-state index in [2.05, 4.69) is 19.2 Å². The van der Waals surface area contributed by atoms with Crippen molar-refractivity contribution in [3.63, 3.8) is 0 Å². The minimum absolute atomic E-state index is 0.0851. The monoisotopic (exact) mass is 324 g/mol. The fourth-order valence-electron chi connectivity index (χ4n) is 3.03. The predicted octanol–water partition coefficient (Wildman–Crippen LogP) is 2.55. The van der Waals surface area contributed by atoms with Gasteiger partial charge in [0.25, 0.3) is 0 Å². The molecule has 6 nitrogen and oxygen atoms in total. The molecule has 1 fully saturated rings. The zero-order valence-corrected chi connectivity index (χ0v) is 14.2. The summed E-state index contributed by atoms with van der Waals surface area (Å²) in [4.78, 5) is 14.3. The Morgan fingerprint density at radius 2 is 2.26 bits per heavy atom. The van der Waals surface area contributed by atoms with Crippen molar-refractivity contribution < 1.29 is 19.1 Å². The van der Waals surface area contributed by atoms with Gasteiger partial charge in [-0.05, 0) is 31.4 Å². The highest BCUT2D eigenvalue weighted by Crippen LogP contribution is 2.23. The van der Waals surface area contributed by atoms with Crippen LogP contribution in [-0.4, -0.2) is 47.9 Å². The molecule has 1 aliphatic heterocycles. The number of hydrogen-bond acceptors (Lipinski definition) is 4. The third-order valence-corrected chi connectivity index (χ3v) is 4.05. The fraction of sp³-hybridized carbons (Fsp3) is 0.706. The van der Waals surface area contributed by atoms with Gasteiger partial charge in [-0.1, -0.05) is 13.8 Å². The first-order chi connectivity index (χ1) is 11.0. The van der Waals surface area contributed by atoms with Crippen molar-refractivity contribution in [3.8, 4) is 0 Å². The number of amides is 2. The quantitative estimate of drug-likeness (QED) is 0.843. The highest BCUT2D eigenvalue weighted by Gasteiger charge is 2.30. The Hall–Kier alpha value is -1.53. The molecule has 0 aliphatic carbocycles. The number of carbonyl (C=O) groups is 1. The summed E-state index contributed by atoms with van der Waals surface area (Å²) in [7, 11) is 0. The molecule has 0 saturated carbocycles. The van der Waals surface area contributed by atoms with Crippen LogP contribution in [0.15, 0.2) is 22.8 Å². The lowest BCUT2D eigenvalue weighted by Crippen LogP contribution is -2.54. The van der Waals surface area contributed by atoms with Crippen LogP contribution in [-0.2, 0) is 4.74 Å². The van der Waals surface area contributed by atoms with E-state index in [4.69, 9.17) is 9.15 Å². The molecule has 1 aromatic rings. The second-order valence-corrected chi connectivity index (χ2v) is 6.67. The number of hydrogen-bond donors (Lipinski definition) is 2. The Balaban J connectivity index is 1.93. The topological polar surface area (TPSA) is 74.9 Å². The minimum atomic E-state index is -0.736. The Labute approximate surface area is 137 Å². The number of furan rings is 1. The molecule has 1 aliphatic rings. The second kappa shape index (κ2) is 8.36. The standard InChI is InChI=1S/C17H28N2O4/c1-12(2)9-13(3)18-17(21)19-6-8-22-11-14(19)10-15(20)16-5-4-7-23-16/h4-5,7,12-15,20H,6,8-11H2,1-3H3,(H,18,21)/t13-,14-,15-/m0/s1. The van der Waals surface area contributed by atoms with Gasteiger partial charge in [-0.15, -0.1) is 0 Å². The molecule has 23 heavy (non-hydrogen) atoms. The molecule has 0 bridgehead atoms. The van der Waals surface area contributed by atoms with Crippen LogP contribution in [0.2, 0.25) is 0 Å². The molecule has 2 N–H and O–H groups in total. The predicted molar refractivity (Wildman–Crippen MR) is 87.0 cm³/mol. The van der Waals surface area contributed by atoms with Crippen molar-refractivity contribution >= 4 is 6.03 Å². The molecule has 6 heteroatoms. The lowest BCUT2D eigenvalue weighted by atomic mass is 10.0. The number of carbonyl (C=O) groups excluding carboxylic acids is 1. The summed E-state index contributed by atoms with van der Waals surface area (Å²) in [5.74, 6) is 1.05. The van der Waals surface area contributed by atoms with Gasteiger partial charge >= 0.3 is 6.03 Å². The highest BCUT2D eigenvalue weighted by atomic mass is 16.5. The number of morpholine rings is 1. The van der Waals surface area contributed by atoms with Gasteiger partial charge in [-0.3, -0.25) is 0 Å². The SMILES string of the molecule is CC(C)C[C@H](C)NC(=O)N1CCOC[C@@H]1C[C@H](O)c1ccco1. The first kappa shape index (κ1) is 17.8. The number of nitrogens with one attached hydrogen (secondary N) is 1. The minimum Gasteiger partial charge on any atom is -0.467 e. The number of urea groups is 1. The molecule has 2 heterocycles. The first-order valence-electron chi connectivity index (χ1n) is 8.33. The van der Waals surface area contributed by atoms with E-state index in [1.165, 1.54) is 6.26 Å². The van der Waals surface area contributed by atoms with Crippen molar-refractivity contribution in [2.24, 2.45) is 5.92 Å². The van der Waals surface area contributed by atoms with Gasteiger partial charge in [-0.25, -0.2) is 4.79 Å². The zero-order chi connectivity index (χ0) is 16.8. The molecule has 1 saturated heterocycles. The molecule has 0 radical (unpaired) electrons. The third kappa shape index (κ3) is 5.25. The largest absolute Gasteiger partial charge is 0.467 e. The lowest BCUT2D eigenvalue weighted by Gasteiger charge is -2.37. The second-order valence-electron chi connectivity index (χ2n) is 6.67. The van der Waals surface area contributed by atoms with Crippen LogP contribution in [0.1, 0.15) is 45.5 Å². The average molecular weight is 324 g/mol. The molecule has 3 atom stereocenters. The number of ether oxygens (including phenoxy) is 1.